The third-order valence-electron chi connectivity index (χ3n) is 9.30. The maximum absolute atomic E-state index is 8.48. The molecule has 0 saturated carbocycles. The van der Waals surface area contributed by atoms with Crippen LogP contribution in [0.15, 0.2) is 132 Å². The van der Waals surface area contributed by atoms with E-state index in [2.05, 4.69) is 71.7 Å². The SMILES string of the molecule is [2H]C([2H])([2H])c1c[c-]c(-c2cc(C([2H])(C)C)c([Si](C)(C)C)cn2)cc1.[Ir].[c-]1ccc2c(oc3c4ccccc4cnc23)c1-c1nc2ccccc2n1-c1ccccc1. The van der Waals surface area contributed by atoms with Gasteiger partial charge in [0.25, 0.3) is 0 Å². The Hall–Kier alpha value is -5.20. The molecule has 0 aliphatic carbocycles. The van der Waals surface area contributed by atoms with Gasteiger partial charge in [0.05, 0.1) is 36.0 Å². The van der Waals surface area contributed by atoms with E-state index in [1.54, 1.807) is 12.1 Å². The van der Waals surface area contributed by atoms with Gasteiger partial charge < -0.3 is 14.0 Å². The van der Waals surface area contributed by atoms with Crippen LogP contribution < -0.4 is 5.19 Å². The van der Waals surface area contributed by atoms with Gasteiger partial charge in [-0.05, 0) is 46.4 Å². The summed E-state index contributed by atoms with van der Waals surface area (Å²) in [7, 11) is -1.61. The first kappa shape index (κ1) is 31.3. The van der Waals surface area contributed by atoms with Gasteiger partial charge >= 0.3 is 0 Å². The molecule has 0 fully saturated rings. The van der Waals surface area contributed by atoms with Gasteiger partial charge in [-0.2, -0.15) is 0 Å². The van der Waals surface area contributed by atoms with Crippen molar-refractivity contribution in [1.82, 2.24) is 19.5 Å². The van der Waals surface area contributed by atoms with Crippen molar-refractivity contribution in [3.8, 4) is 28.3 Å². The van der Waals surface area contributed by atoms with E-state index in [4.69, 9.17) is 19.9 Å². The van der Waals surface area contributed by atoms with Crippen molar-refractivity contribution >= 4 is 57.1 Å². The predicted molar refractivity (Wildman–Crippen MR) is 218 cm³/mol. The molecule has 9 rings (SSSR count). The molecule has 7 heteroatoms. The Labute approximate surface area is 330 Å². The molecular formula is C46H40IrN4OSi-2. The summed E-state index contributed by atoms with van der Waals surface area (Å²) in [5.74, 6) is 0.0812. The molecule has 0 unspecified atom stereocenters. The molecule has 0 amide bonds. The smallest absolute Gasteiger partial charge is 0.147 e. The van der Waals surface area contributed by atoms with Crippen molar-refractivity contribution in [2.24, 2.45) is 0 Å². The monoisotopic (exact) mass is 889 g/mol. The number of benzene rings is 5. The minimum atomic E-state index is -2.13. The summed E-state index contributed by atoms with van der Waals surface area (Å²) < 4.78 is 39.5. The molecule has 0 aliphatic heterocycles. The maximum atomic E-state index is 8.48. The van der Waals surface area contributed by atoms with Crippen LogP contribution in [0.25, 0.3) is 72.2 Å². The molecule has 0 aliphatic rings. The van der Waals surface area contributed by atoms with E-state index in [0.29, 0.717) is 0 Å². The standard InChI is InChI=1S/C28H16N3O.C18H24NSi.Ir/c1-2-10-19(11-3-1)31-24-16-7-6-15-23(24)30-28(31)22-14-8-13-21-25-27(32-26(21)22)20-12-5-4-9-18(20)17-29-25;1-13(2)16-11-17(15-9-7-14(3)8-10-15)19-12-18(16)20(4,5)6;/h1-13,15-17H;7-9,11-13H,1-6H3;/q2*-1;/i;3D3,13D;. The van der Waals surface area contributed by atoms with E-state index in [9.17, 15) is 0 Å². The number of rotatable bonds is 5. The molecule has 5 nitrogen and oxygen atoms in total. The van der Waals surface area contributed by atoms with Crippen LogP contribution in [0.2, 0.25) is 19.6 Å². The molecule has 0 atom stereocenters. The number of para-hydroxylation sites is 3. The average molecular weight is 889 g/mol. The zero-order chi connectivity index (χ0) is 39.4. The predicted octanol–water partition coefficient (Wildman–Crippen LogP) is 11.5. The summed E-state index contributed by atoms with van der Waals surface area (Å²) in [6.45, 7) is 8.38. The van der Waals surface area contributed by atoms with Crippen LogP contribution in [0.1, 0.15) is 36.4 Å². The molecular weight excluding hydrogens is 845 g/mol. The zero-order valence-electron chi connectivity index (χ0n) is 34.2. The van der Waals surface area contributed by atoms with Gasteiger partial charge in [-0.15, -0.1) is 53.6 Å². The first-order valence-corrected chi connectivity index (χ1v) is 20.9. The van der Waals surface area contributed by atoms with E-state index >= 15 is 0 Å². The minimum absolute atomic E-state index is 0. The van der Waals surface area contributed by atoms with Gasteiger partial charge in [0, 0.05) is 54.4 Å². The molecule has 265 valence electrons. The third kappa shape index (κ3) is 6.88. The quantitative estimate of drug-likeness (QED) is 0.128. The molecule has 0 bridgehead atoms. The largest absolute Gasteiger partial charge is 0.498 e. The number of aromatic nitrogens is 4. The molecule has 4 heterocycles. The van der Waals surface area contributed by atoms with Gasteiger partial charge in [0.1, 0.15) is 5.58 Å². The van der Waals surface area contributed by atoms with Gasteiger partial charge in [-0.1, -0.05) is 112 Å². The molecule has 0 spiro atoms. The Morgan fingerprint density at radius 2 is 1.58 bits per heavy atom. The second kappa shape index (κ2) is 14.7. The average Bonchev–Trinajstić information content (AvgIpc) is 3.77. The number of imidazole rings is 1. The van der Waals surface area contributed by atoms with Crippen molar-refractivity contribution in [3.05, 3.63) is 151 Å². The van der Waals surface area contributed by atoms with Crippen LogP contribution in [0.4, 0.5) is 0 Å². The number of pyridine rings is 2. The minimum Gasteiger partial charge on any atom is -0.498 e. The van der Waals surface area contributed by atoms with Crippen LogP contribution in [0.5, 0.6) is 0 Å². The Kier molecular flexibility index (Phi) is 8.67. The van der Waals surface area contributed by atoms with Gasteiger partial charge in [-0.25, -0.2) is 0 Å². The fraction of sp³-hybridized carbons (Fsp3) is 0.152. The van der Waals surface area contributed by atoms with Crippen molar-refractivity contribution < 1.29 is 30.0 Å². The first-order chi connectivity index (χ1) is 26.7. The molecule has 5 aromatic carbocycles. The topological polar surface area (TPSA) is 56.7 Å². The van der Waals surface area contributed by atoms with E-state index in [1.807, 2.05) is 93.0 Å². The second-order valence-electron chi connectivity index (χ2n) is 14.2. The number of fused-ring (bicyclic) bond motifs is 6. The zero-order valence-corrected chi connectivity index (χ0v) is 33.5. The summed E-state index contributed by atoms with van der Waals surface area (Å²) in [4.78, 5) is 14.3. The summed E-state index contributed by atoms with van der Waals surface area (Å²) in [6.07, 6.45) is 3.79. The molecule has 1 radical (unpaired) electrons. The number of hydrogen-bond acceptors (Lipinski definition) is 4. The van der Waals surface area contributed by atoms with Gasteiger partial charge in [0.15, 0.2) is 0 Å². The van der Waals surface area contributed by atoms with Crippen molar-refractivity contribution in [2.75, 3.05) is 0 Å². The van der Waals surface area contributed by atoms with Crippen LogP contribution in [0.3, 0.4) is 0 Å². The summed E-state index contributed by atoms with van der Waals surface area (Å²) in [5.41, 5.74) is 8.96. The first-order valence-electron chi connectivity index (χ1n) is 19.4. The Bertz CT molecular complexity index is 2880. The number of hydrogen-bond donors (Lipinski definition) is 0. The summed E-state index contributed by atoms with van der Waals surface area (Å²) in [6, 6.07) is 43.8. The maximum Gasteiger partial charge on any atom is 0.147 e. The van der Waals surface area contributed by atoms with Gasteiger partial charge in [-0.3, -0.25) is 9.97 Å². The molecule has 9 aromatic rings. The van der Waals surface area contributed by atoms with E-state index in [0.717, 1.165) is 77.8 Å². The summed E-state index contributed by atoms with van der Waals surface area (Å²) in [5, 5.41) is 4.26. The third-order valence-corrected chi connectivity index (χ3v) is 11.3. The molecule has 0 saturated heterocycles. The Morgan fingerprint density at radius 1 is 0.811 bits per heavy atom. The van der Waals surface area contributed by atoms with E-state index < -0.39 is 20.8 Å². The van der Waals surface area contributed by atoms with Crippen LogP contribution in [-0.4, -0.2) is 27.6 Å². The number of furan rings is 1. The summed E-state index contributed by atoms with van der Waals surface area (Å²) >= 11 is 0. The van der Waals surface area contributed by atoms with Crippen molar-refractivity contribution in [2.45, 2.75) is 46.2 Å². The Balaban J connectivity index is 0.000000179. The van der Waals surface area contributed by atoms with Crippen LogP contribution >= 0.6 is 0 Å². The van der Waals surface area contributed by atoms with E-state index in [-0.39, 0.29) is 25.7 Å². The number of nitrogens with zero attached hydrogens (tertiary/aromatic N) is 4. The second-order valence-corrected chi connectivity index (χ2v) is 19.2. The molecule has 53 heavy (non-hydrogen) atoms. The fourth-order valence-corrected chi connectivity index (χ4v) is 8.29. The normalized spacial score (nSPS) is 13.2. The number of aryl methyl sites for hydroxylation is 1. The van der Waals surface area contributed by atoms with Crippen molar-refractivity contribution in [1.29, 1.82) is 0 Å². The fourth-order valence-electron chi connectivity index (χ4n) is 6.71. The molecule has 4 aromatic heterocycles. The van der Waals surface area contributed by atoms with Crippen LogP contribution in [-0.2, 0) is 20.1 Å². The van der Waals surface area contributed by atoms with Gasteiger partial charge in [0.2, 0.25) is 0 Å². The van der Waals surface area contributed by atoms with Crippen LogP contribution in [0, 0.1) is 19.0 Å². The van der Waals surface area contributed by atoms with Crippen molar-refractivity contribution in [3.63, 3.8) is 0 Å². The molecule has 0 N–H and O–H groups in total. The van der Waals surface area contributed by atoms with E-state index in [1.165, 1.54) is 11.3 Å². The Morgan fingerprint density at radius 3 is 2.34 bits per heavy atom.